The maximum absolute atomic E-state index is 13.9. The number of ether oxygens (including phenoxy) is 2. The highest BCUT2D eigenvalue weighted by atomic mass is 35.5. The van der Waals surface area contributed by atoms with Gasteiger partial charge >= 0.3 is 12.1 Å². The SMILES string of the molecule is CCOC(=O)C1CCN(C(=O)OC(C)(C)C)C[C@H]1c1ccc(Cl)c(F)c1. The molecule has 0 radical (unpaired) electrons. The van der Waals surface area contributed by atoms with Crippen molar-refractivity contribution in [3.05, 3.63) is 34.6 Å². The molecule has 0 bridgehead atoms. The van der Waals surface area contributed by atoms with Crippen LogP contribution in [-0.2, 0) is 14.3 Å². The monoisotopic (exact) mass is 385 g/mol. The average Bonchev–Trinajstić information content (AvgIpc) is 2.55. The Hall–Kier alpha value is -1.82. The zero-order valence-corrected chi connectivity index (χ0v) is 16.3. The Bertz CT molecular complexity index is 674. The fourth-order valence-electron chi connectivity index (χ4n) is 3.06. The van der Waals surface area contributed by atoms with Crippen molar-refractivity contribution in [3.8, 4) is 0 Å². The van der Waals surface area contributed by atoms with Crippen LogP contribution in [0.5, 0.6) is 0 Å². The molecule has 2 rings (SSSR count). The molecule has 7 heteroatoms. The Morgan fingerprint density at radius 2 is 2.04 bits per heavy atom. The van der Waals surface area contributed by atoms with E-state index in [-0.39, 0.29) is 30.1 Å². The van der Waals surface area contributed by atoms with Gasteiger partial charge in [0.05, 0.1) is 17.5 Å². The lowest BCUT2D eigenvalue weighted by Crippen LogP contribution is -2.47. The van der Waals surface area contributed by atoms with Crippen molar-refractivity contribution in [1.82, 2.24) is 4.90 Å². The highest BCUT2D eigenvalue weighted by molar-refractivity contribution is 6.30. The van der Waals surface area contributed by atoms with Crippen LogP contribution in [0.25, 0.3) is 0 Å². The molecule has 1 unspecified atom stereocenters. The maximum atomic E-state index is 13.9. The van der Waals surface area contributed by atoms with Crippen LogP contribution in [0.15, 0.2) is 18.2 Å². The van der Waals surface area contributed by atoms with Gasteiger partial charge in [0.25, 0.3) is 0 Å². The van der Waals surface area contributed by atoms with Crippen LogP contribution < -0.4 is 0 Å². The summed E-state index contributed by atoms with van der Waals surface area (Å²) in [5.74, 6) is -1.73. The maximum Gasteiger partial charge on any atom is 0.410 e. The molecule has 2 atom stereocenters. The van der Waals surface area contributed by atoms with E-state index in [0.717, 1.165) is 0 Å². The fraction of sp³-hybridized carbons (Fsp3) is 0.579. The third-order valence-corrected chi connectivity index (χ3v) is 4.53. The summed E-state index contributed by atoms with van der Waals surface area (Å²) in [4.78, 5) is 26.3. The van der Waals surface area contributed by atoms with Crippen molar-refractivity contribution >= 4 is 23.7 Å². The molecule has 1 saturated heterocycles. The summed E-state index contributed by atoms with van der Waals surface area (Å²) in [6, 6.07) is 4.46. The number of esters is 1. The lowest BCUT2D eigenvalue weighted by molar-refractivity contribution is -0.150. The number of rotatable bonds is 3. The topological polar surface area (TPSA) is 55.8 Å². The van der Waals surface area contributed by atoms with E-state index in [4.69, 9.17) is 21.1 Å². The normalized spacial score (nSPS) is 20.6. The van der Waals surface area contributed by atoms with Gasteiger partial charge in [0.15, 0.2) is 0 Å². The van der Waals surface area contributed by atoms with Gasteiger partial charge in [0.1, 0.15) is 11.4 Å². The molecule has 1 aliphatic rings. The number of piperidine rings is 1. The van der Waals surface area contributed by atoms with Gasteiger partial charge in [-0.25, -0.2) is 9.18 Å². The van der Waals surface area contributed by atoms with Gasteiger partial charge < -0.3 is 14.4 Å². The number of carbonyl (C=O) groups excluding carboxylic acids is 2. The first-order valence-electron chi connectivity index (χ1n) is 8.72. The van der Waals surface area contributed by atoms with Crippen molar-refractivity contribution < 1.29 is 23.5 Å². The Balaban J connectivity index is 2.27. The number of nitrogens with zero attached hydrogens (tertiary/aromatic N) is 1. The molecule has 1 aromatic carbocycles. The van der Waals surface area contributed by atoms with Crippen LogP contribution in [0.2, 0.25) is 5.02 Å². The smallest absolute Gasteiger partial charge is 0.410 e. The molecule has 1 amide bonds. The van der Waals surface area contributed by atoms with E-state index in [2.05, 4.69) is 0 Å². The van der Waals surface area contributed by atoms with Gasteiger partial charge in [0, 0.05) is 19.0 Å². The molecular formula is C19H25ClFNO4. The molecule has 0 saturated carbocycles. The lowest BCUT2D eigenvalue weighted by atomic mass is 9.80. The number of halogens is 2. The second-order valence-corrected chi connectivity index (χ2v) is 7.76. The summed E-state index contributed by atoms with van der Waals surface area (Å²) in [7, 11) is 0. The number of carbonyl (C=O) groups is 2. The third-order valence-electron chi connectivity index (χ3n) is 4.23. The minimum Gasteiger partial charge on any atom is -0.466 e. The lowest BCUT2D eigenvalue weighted by Gasteiger charge is -2.38. The Labute approximate surface area is 158 Å². The zero-order chi connectivity index (χ0) is 19.5. The predicted molar refractivity (Wildman–Crippen MR) is 96.7 cm³/mol. The average molecular weight is 386 g/mol. The van der Waals surface area contributed by atoms with Gasteiger partial charge in [0.2, 0.25) is 0 Å². The van der Waals surface area contributed by atoms with Crippen molar-refractivity contribution in [2.45, 2.75) is 45.6 Å². The van der Waals surface area contributed by atoms with Crippen LogP contribution >= 0.6 is 11.6 Å². The highest BCUT2D eigenvalue weighted by Crippen LogP contribution is 2.35. The van der Waals surface area contributed by atoms with Crippen LogP contribution in [0.4, 0.5) is 9.18 Å². The molecule has 0 spiro atoms. The highest BCUT2D eigenvalue weighted by Gasteiger charge is 2.39. The van der Waals surface area contributed by atoms with E-state index in [1.807, 2.05) is 0 Å². The first-order valence-corrected chi connectivity index (χ1v) is 9.09. The van der Waals surface area contributed by atoms with E-state index in [1.54, 1.807) is 38.7 Å². The number of hydrogen-bond donors (Lipinski definition) is 0. The number of hydrogen-bond acceptors (Lipinski definition) is 4. The molecule has 0 aromatic heterocycles. The summed E-state index contributed by atoms with van der Waals surface area (Å²) in [6.07, 6.45) is -0.0215. The third kappa shape index (κ3) is 5.10. The van der Waals surface area contributed by atoms with E-state index < -0.39 is 23.4 Å². The molecular weight excluding hydrogens is 361 g/mol. The molecule has 0 aliphatic carbocycles. The second kappa shape index (κ2) is 8.25. The molecule has 1 aromatic rings. The van der Waals surface area contributed by atoms with Crippen molar-refractivity contribution in [2.24, 2.45) is 5.92 Å². The largest absolute Gasteiger partial charge is 0.466 e. The van der Waals surface area contributed by atoms with E-state index in [9.17, 15) is 14.0 Å². The summed E-state index contributed by atoms with van der Waals surface area (Å²) in [5, 5.41) is 0.0150. The van der Waals surface area contributed by atoms with Gasteiger partial charge in [-0.3, -0.25) is 4.79 Å². The summed E-state index contributed by atoms with van der Waals surface area (Å²) < 4.78 is 24.5. The minimum absolute atomic E-state index is 0.0150. The molecule has 144 valence electrons. The van der Waals surface area contributed by atoms with Crippen molar-refractivity contribution in [1.29, 1.82) is 0 Å². The number of benzene rings is 1. The first kappa shape index (κ1) is 20.5. The van der Waals surface area contributed by atoms with Crippen LogP contribution in [-0.4, -0.2) is 42.3 Å². The molecule has 1 heterocycles. The zero-order valence-electron chi connectivity index (χ0n) is 15.6. The Morgan fingerprint density at radius 1 is 1.35 bits per heavy atom. The molecule has 0 N–H and O–H groups in total. The van der Waals surface area contributed by atoms with Gasteiger partial charge in [-0.05, 0) is 51.8 Å². The summed E-state index contributed by atoms with van der Waals surface area (Å²) in [5.41, 5.74) is -0.00468. The van der Waals surface area contributed by atoms with Crippen LogP contribution in [0.3, 0.4) is 0 Å². The summed E-state index contributed by atoms with van der Waals surface area (Å²) >= 11 is 5.77. The Morgan fingerprint density at radius 3 is 2.62 bits per heavy atom. The van der Waals surface area contributed by atoms with Crippen LogP contribution in [0, 0.1) is 11.7 Å². The van der Waals surface area contributed by atoms with Gasteiger partial charge in [-0.2, -0.15) is 0 Å². The van der Waals surface area contributed by atoms with Crippen LogP contribution in [0.1, 0.15) is 45.6 Å². The molecule has 26 heavy (non-hydrogen) atoms. The minimum atomic E-state index is -0.614. The van der Waals surface area contributed by atoms with Gasteiger partial charge in [-0.1, -0.05) is 17.7 Å². The quantitative estimate of drug-likeness (QED) is 0.724. The van der Waals surface area contributed by atoms with Crippen molar-refractivity contribution in [2.75, 3.05) is 19.7 Å². The molecule has 1 aliphatic heterocycles. The van der Waals surface area contributed by atoms with Crippen molar-refractivity contribution in [3.63, 3.8) is 0 Å². The first-order chi connectivity index (χ1) is 12.1. The van der Waals surface area contributed by atoms with Gasteiger partial charge in [-0.15, -0.1) is 0 Å². The van der Waals surface area contributed by atoms with E-state index in [0.29, 0.717) is 18.5 Å². The van der Waals surface area contributed by atoms with E-state index >= 15 is 0 Å². The molecule has 5 nitrogen and oxygen atoms in total. The standard InChI is InChI=1S/C19H25ClFNO4/c1-5-25-17(23)13-8-9-22(18(24)26-19(2,3)4)11-14(13)12-6-7-15(20)16(21)10-12/h6-7,10,13-14H,5,8-9,11H2,1-4H3/t13?,14-/m0/s1. The second-order valence-electron chi connectivity index (χ2n) is 7.35. The molecule has 1 fully saturated rings. The predicted octanol–water partition coefficient (Wildman–Crippen LogP) is 4.38. The number of likely N-dealkylation sites (tertiary alicyclic amines) is 1. The summed E-state index contributed by atoms with van der Waals surface area (Å²) in [6.45, 7) is 8.02. The Kier molecular flexibility index (Phi) is 6.50. The van der Waals surface area contributed by atoms with E-state index in [1.165, 1.54) is 12.1 Å². The fourth-order valence-corrected chi connectivity index (χ4v) is 3.17. The number of amides is 1.